The van der Waals surface area contributed by atoms with Crippen LogP contribution in [0.3, 0.4) is 0 Å². The summed E-state index contributed by atoms with van der Waals surface area (Å²) in [5.41, 5.74) is 1.89. The summed E-state index contributed by atoms with van der Waals surface area (Å²) in [6.45, 7) is 1.97. The standard InChI is InChI=1S/C20H23N7O2/c1-12-10-14(20(29)27(2)18-16(12)21-8-9-22-18)23-19(28)17-24-15(25-26-17)11-13-6-4-3-5-7-13/h4,6-9,12,14H,3,5,10-11H2,1-2H3,(H,23,28)(H,24,25,26)/t12-,14+/m0/s1. The molecule has 9 heteroatoms. The van der Waals surface area contributed by atoms with Gasteiger partial charge in [0.1, 0.15) is 11.9 Å². The maximum atomic E-state index is 12.9. The van der Waals surface area contributed by atoms with Crippen molar-refractivity contribution < 1.29 is 9.59 Å². The molecule has 3 heterocycles. The largest absolute Gasteiger partial charge is 0.337 e. The number of likely N-dealkylation sites (N-methyl/N-ethyl adjacent to an activating group) is 1. The molecule has 0 unspecified atom stereocenters. The molecule has 2 amide bonds. The van der Waals surface area contributed by atoms with E-state index in [0.29, 0.717) is 24.5 Å². The van der Waals surface area contributed by atoms with Crippen molar-refractivity contribution in [1.29, 1.82) is 0 Å². The Morgan fingerprint density at radius 1 is 1.28 bits per heavy atom. The first-order valence-electron chi connectivity index (χ1n) is 9.69. The number of H-pyrrole nitrogens is 1. The van der Waals surface area contributed by atoms with Gasteiger partial charge in [-0.2, -0.15) is 0 Å². The number of nitrogens with one attached hydrogen (secondary N) is 2. The predicted molar refractivity (Wildman–Crippen MR) is 106 cm³/mol. The quantitative estimate of drug-likeness (QED) is 0.816. The van der Waals surface area contributed by atoms with Crippen molar-refractivity contribution in [1.82, 2.24) is 30.5 Å². The molecule has 0 aromatic carbocycles. The Labute approximate surface area is 168 Å². The highest BCUT2D eigenvalue weighted by Crippen LogP contribution is 2.30. The number of carbonyl (C=O) groups excluding carboxylic acids is 2. The summed E-state index contributed by atoms with van der Waals surface area (Å²) < 4.78 is 0. The third-order valence-corrected chi connectivity index (χ3v) is 5.21. The van der Waals surface area contributed by atoms with E-state index < -0.39 is 11.9 Å². The zero-order valence-corrected chi connectivity index (χ0v) is 16.4. The molecule has 2 N–H and O–H groups in total. The lowest BCUT2D eigenvalue weighted by atomic mass is 9.99. The summed E-state index contributed by atoms with van der Waals surface area (Å²) in [4.78, 5) is 38.6. The van der Waals surface area contributed by atoms with E-state index >= 15 is 0 Å². The molecule has 2 aromatic heterocycles. The van der Waals surface area contributed by atoms with Crippen molar-refractivity contribution >= 4 is 17.6 Å². The Morgan fingerprint density at radius 3 is 2.90 bits per heavy atom. The highest BCUT2D eigenvalue weighted by Gasteiger charge is 2.34. The first-order chi connectivity index (χ1) is 14.0. The fourth-order valence-corrected chi connectivity index (χ4v) is 3.67. The van der Waals surface area contributed by atoms with Gasteiger partial charge in [-0.05, 0) is 24.8 Å². The normalized spacial score (nSPS) is 21.4. The maximum Gasteiger partial charge on any atom is 0.289 e. The van der Waals surface area contributed by atoms with Crippen LogP contribution in [0, 0.1) is 0 Å². The number of fused-ring (bicyclic) bond motifs is 1. The molecule has 29 heavy (non-hydrogen) atoms. The predicted octanol–water partition coefficient (Wildman–Crippen LogP) is 1.68. The van der Waals surface area contributed by atoms with Crippen LogP contribution in [0.15, 0.2) is 36.2 Å². The third-order valence-electron chi connectivity index (χ3n) is 5.21. The molecule has 4 rings (SSSR count). The monoisotopic (exact) mass is 393 g/mol. The van der Waals surface area contributed by atoms with Crippen molar-refractivity contribution in [3.05, 3.63) is 53.5 Å². The van der Waals surface area contributed by atoms with E-state index in [1.165, 1.54) is 4.90 Å². The van der Waals surface area contributed by atoms with E-state index in [2.05, 4.69) is 48.7 Å². The Hall–Kier alpha value is -3.36. The van der Waals surface area contributed by atoms with E-state index in [9.17, 15) is 9.59 Å². The molecular weight excluding hydrogens is 370 g/mol. The molecule has 1 aliphatic heterocycles. The van der Waals surface area contributed by atoms with E-state index in [1.54, 1.807) is 19.4 Å². The van der Waals surface area contributed by atoms with Crippen LogP contribution in [0.2, 0.25) is 0 Å². The van der Waals surface area contributed by atoms with Gasteiger partial charge in [-0.1, -0.05) is 25.2 Å². The summed E-state index contributed by atoms with van der Waals surface area (Å²) in [6.07, 6.45) is 12.6. The first-order valence-corrected chi connectivity index (χ1v) is 9.69. The van der Waals surface area contributed by atoms with Crippen LogP contribution in [0.5, 0.6) is 0 Å². The van der Waals surface area contributed by atoms with Crippen LogP contribution in [0.4, 0.5) is 5.82 Å². The molecule has 0 saturated carbocycles. The van der Waals surface area contributed by atoms with Crippen LogP contribution >= 0.6 is 0 Å². The van der Waals surface area contributed by atoms with Gasteiger partial charge in [0, 0.05) is 31.8 Å². The van der Waals surface area contributed by atoms with Gasteiger partial charge in [0.05, 0.1) is 5.69 Å². The number of hydrogen-bond acceptors (Lipinski definition) is 6. The van der Waals surface area contributed by atoms with Crippen LogP contribution < -0.4 is 10.2 Å². The van der Waals surface area contributed by atoms with E-state index in [4.69, 9.17) is 0 Å². The second-order valence-electron chi connectivity index (χ2n) is 7.38. The van der Waals surface area contributed by atoms with E-state index in [0.717, 1.165) is 24.1 Å². The van der Waals surface area contributed by atoms with Crippen LogP contribution in [0.25, 0.3) is 0 Å². The summed E-state index contributed by atoms with van der Waals surface area (Å²) in [6, 6.07) is -0.698. The highest BCUT2D eigenvalue weighted by molar-refractivity contribution is 6.01. The molecular formula is C20H23N7O2. The average molecular weight is 393 g/mol. The fourth-order valence-electron chi connectivity index (χ4n) is 3.67. The Balaban J connectivity index is 1.46. The van der Waals surface area contributed by atoms with Crippen LogP contribution in [-0.2, 0) is 11.2 Å². The molecule has 2 aromatic rings. The molecule has 150 valence electrons. The van der Waals surface area contributed by atoms with Crippen molar-refractivity contribution in [2.24, 2.45) is 0 Å². The topological polar surface area (TPSA) is 117 Å². The Bertz CT molecular complexity index is 994. The van der Waals surface area contributed by atoms with Gasteiger partial charge in [0.15, 0.2) is 5.82 Å². The first kappa shape index (κ1) is 19.0. The highest BCUT2D eigenvalue weighted by atomic mass is 16.2. The summed E-state index contributed by atoms with van der Waals surface area (Å²) in [5, 5.41) is 10.8. The van der Waals surface area contributed by atoms with Gasteiger partial charge in [0.25, 0.3) is 11.8 Å². The summed E-state index contributed by atoms with van der Waals surface area (Å²) >= 11 is 0. The Morgan fingerprint density at radius 2 is 2.10 bits per heavy atom. The van der Waals surface area contributed by atoms with E-state index in [1.807, 2.05) is 6.92 Å². The number of amides is 2. The number of aromatic nitrogens is 5. The minimum atomic E-state index is -0.698. The molecule has 1 aliphatic carbocycles. The minimum absolute atomic E-state index is 0.0341. The lowest BCUT2D eigenvalue weighted by Gasteiger charge is -2.20. The van der Waals surface area contributed by atoms with Crippen molar-refractivity contribution in [2.45, 2.75) is 44.6 Å². The number of nitrogens with zero attached hydrogens (tertiary/aromatic N) is 5. The summed E-state index contributed by atoms with van der Waals surface area (Å²) in [7, 11) is 1.64. The third kappa shape index (κ3) is 3.94. The van der Waals surface area contributed by atoms with Crippen LogP contribution in [0.1, 0.15) is 54.2 Å². The second-order valence-corrected chi connectivity index (χ2v) is 7.38. The van der Waals surface area contributed by atoms with Crippen LogP contribution in [-0.4, -0.2) is 50.1 Å². The number of aromatic amines is 1. The zero-order chi connectivity index (χ0) is 20.4. The van der Waals surface area contributed by atoms with Crippen molar-refractivity contribution in [3.63, 3.8) is 0 Å². The molecule has 0 spiro atoms. The molecule has 0 radical (unpaired) electrons. The van der Waals surface area contributed by atoms with Gasteiger partial charge in [-0.25, -0.2) is 4.98 Å². The maximum absolute atomic E-state index is 12.9. The fraction of sp³-hybridized carbons (Fsp3) is 0.400. The molecule has 9 nitrogen and oxygen atoms in total. The second kappa shape index (κ2) is 7.94. The lowest BCUT2D eigenvalue weighted by molar-refractivity contribution is -0.120. The molecule has 0 bridgehead atoms. The number of carbonyl (C=O) groups is 2. The number of rotatable bonds is 4. The molecule has 0 fully saturated rings. The van der Waals surface area contributed by atoms with Crippen molar-refractivity contribution in [3.8, 4) is 0 Å². The van der Waals surface area contributed by atoms with Gasteiger partial charge in [-0.3, -0.25) is 19.5 Å². The Kier molecular flexibility index (Phi) is 5.20. The summed E-state index contributed by atoms with van der Waals surface area (Å²) in [5.74, 6) is 0.517. The van der Waals surface area contributed by atoms with E-state index in [-0.39, 0.29) is 17.6 Å². The van der Waals surface area contributed by atoms with Gasteiger partial charge < -0.3 is 10.3 Å². The molecule has 0 saturated heterocycles. The smallest absolute Gasteiger partial charge is 0.289 e. The number of hydrogen-bond donors (Lipinski definition) is 2. The average Bonchev–Trinajstić information content (AvgIpc) is 3.18. The SMILES string of the molecule is C[C@H]1C[C@@H](NC(=O)c2nnc(CC3=CCCC=C3)[nH]2)C(=O)N(C)c2nccnc21. The zero-order valence-electron chi connectivity index (χ0n) is 16.4. The van der Waals surface area contributed by atoms with Gasteiger partial charge in [-0.15, -0.1) is 10.2 Å². The number of anilines is 1. The number of allylic oxidation sites excluding steroid dienone is 4. The molecule has 2 atom stereocenters. The van der Waals surface area contributed by atoms with Crippen molar-refractivity contribution in [2.75, 3.05) is 11.9 Å². The van der Waals surface area contributed by atoms with Gasteiger partial charge >= 0.3 is 0 Å². The minimum Gasteiger partial charge on any atom is -0.337 e. The lowest BCUT2D eigenvalue weighted by Crippen LogP contribution is -2.47. The van der Waals surface area contributed by atoms with Gasteiger partial charge in [0.2, 0.25) is 5.82 Å². The molecule has 2 aliphatic rings.